The zero-order valence-corrected chi connectivity index (χ0v) is 10.2. The SMILES string of the molecule is C=CS(=O)(=O)N(CC)CCc1ccccn1. The van der Waals surface area contributed by atoms with Crippen LogP contribution >= 0.6 is 0 Å². The molecule has 0 aliphatic rings. The molecule has 4 nitrogen and oxygen atoms in total. The Morgan fingerprint density at radius 2 is 2.25 bits per heavy atom. The molecule has 0 amide bonds. The van der Waals surface area contributed by atoms with Crippen molar-refractivity contribution in [1.29, 1.82) is 0 Å². The third-order valence-corrected chi connectivity index (χ3v) is 3.85. The summed E-state index contributed by atoms with van der Waals surface area (Å²) in [4.78, 5) is 4.15. The third-order valence-electron chi connectivity index (χ3n) is 2.27. The molecule has 0 bridgehead atoms. The number of hydrogen-bond acceptors (Lipinski definition) is 3. The normalized spacial score (nSPS) is 11.6. The van der Waals surface area contributed by atoms with E-state index in [9.17, 15) is 8.42 Å². The van der Waals surface area contributed by atoms with Gasteiger partial charge in [0.25, 0.3) is 0 Å². The van der Waals surface area contributed by atoms with Crippen LogP contribution < -0.4 is 0 Å². The first-order chi connectivity index (χ1) is 7.60. The Morgan fingerprint density at radius 3 is 2.75 bits per heavy atom. The molecule has 1 heterocycles. The molecule has 0 unspecified atom stereocenters. The molecule has 1 rings (SSSR count). The molecule has 88 valence electrons. The maximum Gasteiger partial charge on any atom is 0.235 e. The van der Waals surface area contributed by atoms with Crippen molar-refractivity contribution >= 4 is 10.0 Å². The lowest BCUT2D eigenvalue weighted by Crippen LogP contribution is -2.31. The van der Waals surface area contributed by atoms with Gasteiger partial charge in [0, 0.05) is 36.8 Å². The monoisotopic (exact) mass is 240 g/mol. The molecule has 0 atom stereocenters. The fraction of sp³-hybridized carbons (Fsp3) is 0.364. The molecule has 0 spiro atoms. The minimum atomic E-state index is -3.31. The molecule has 0 aliphatic heterocycles. The fourth-order valence-electron chi connectivity index (χ4n) is 1.36. The quantitative estimate of drug-likeness (QED) is 0.755. The van der Waals surface area contributed by atoms with E-state index in [2.05, 4.69) is 11.6 Å². The molecule has 5 heteroatoms. The molecule has 16 heavy (non-hydrogen) atoms. The van der Waals surface area contributed by atoms with Crippen LogP contribution in [0.3, 0.4) is 0 Å². The van der Waals surface area contributed by atoms with Crippen molar-refractivity contribution < 1.29 is 8.42 Å². The fourth-order valence-corrected chi connectivity index (χ4v) is 2.27. The van der Waals surface area contributed by atoms with E-state index in [1.54, 1.807) is 13.1 Å². The maximum atomic E-state index is 11.5. The van der Waals surface area contributed by atoms with Crippen LogP contribution in [0.5, 0.6) is 0 Å². The van der Waals surface area contributed by atoms with Crippen LogP contribution in [0.4, 0.5) is 0 Å². The van der Waals surface area contributed by atoms with Crippen molar-refractivity contribution in [3.8, 4) is 0 Å². The van der Waals surface area contributed by atoms with Crippen molar-refractivity contribution in [2.75, 3.05) is 13.1 Å². The largest absolute Gasteiger partial charge is 0.261 e. The van der Waals surface area contributed by atoms with E-state index in [0.29, 0.717) is 19.5 Å². The summed E-state index contributed by atoms with van der Waals surface area (Å²) in [7, 11) is -3.31. The first kappa shape index (κ1) is 12.9. The molecule has 0 saturated heterocycles. The Kier molecular flexibility index (Phi) is 4.64. The first-order valence-electron chi connectivity index (χ1n) is 5.12. The Hall–Kier alpha value is -1.20. The second-order valence-electron chi connectivity index (χ2n) is 3.27. The summed E-state index contributed by atoms with van der Waals surface area (Å²) >= 11 is 0. The molecular weight excluding hydrogens is 224 g/mol. The Morgan fingerprint density at radius 1 is 1.50 bits per heavy atom. The van der Waals surface area contributed by atoms with Crippen LogP contribution in [0.2, 0.25) is 0 Å². The zero-order chi connectivity index (χ0) is 12.0. The Balaban J connectivity index is 2.63. The predicted octanol–water partition coefficient (Wildman–Crippen LogP) is 1.42. The Bertz CT molecular complexity index is 429. The number of sulfonamides is 1. The predicted molar refractivity (Wildman–Crippen MR) is 64.3 cm³/mol. The van der Waals surface area contributed by atoms with Gasteiger partial charge in [-0.1, -0.05) is 19.6 Å². The van der Waals surface area contributed by atoms with Crippen molar-refractivity contribution in [3.05, 3.63) is 42.1 Å². The van der Waals surface area contributed by atoms with Gasteiger partial charge in [0.15, 0.2) is 0 Å². The van der Waals surface area contributed by atoms with Crippen molar-refractivity contribution in [3.63, 3.8) is 0 Å². The van der Waals surface area contributed by atoms with E-state index in [-0.39, 0.29) is 0 Å². The Labute approximate surface area is 96.7 Å². The highest BCUT2D eigenvalue weighted by Gasteiger charge is 2.15. The van der Waals surface area contributed by atoms with Crippen LogP contribution in [0.15, 0.2) is 36.4 Å². The van der Waals surface area contributed by atoms with Crippen molar-refractivity contribution in [1.82, 2.24) is 9.29 Å². The van der Waals surface area contributed by atoms with Gasteiger partial charge in [0.05, 0.1) is 0 Å². The van der Waals surface area contributed by atoms with Gasteiger partial charge < -0.3 is 0 Å². The molecule has 0 aromatic carbocycles. The van der Waals surface area contributed by atoms with Gasteiger partial charge in [-0.2, -0.15) is 4.31 Å². The molecule has 0 fully saturated rings. The van der Waals surface area contributed by atoms with Gasteiger partial charge >= 0.3 is 0 Å². The highest BCUT2D eigenvalue weighted by atomic mass is 32.2. The van der Waals surface area contributed by atoms with E-state index in [1.165, 1.54) is 4.31 Å². The average Bonchev–Trinajstić information content (AvgIpc) is 2.31. The lowest BCUT2D eigenvalue weighted by Gasteiger charge is -2.17. The first-order valence-corrected chi connectivity index (χ1v) is 6.63. The summed E-state index contributed by atoms with van der Waals surface area (Å²) < 4.78 is 24.5. The summed E-state index contributed by atoms with van der Waals surface area (Å²) in [6.45, 7) is 5.99. The lowest BCUT2D eigenvalue weighted by molar-refractivity contribution is 0.436. The topological polar surface area (TPSA) is 50.3 Å². The maximum absolute atomic E-state index is 11.5. The van der Waals surface area contributed by atoms with Gasteiger partial charge in [0.2, 0.25) is 10.0 Å². The number of aromatic nitrogens is 1. The second-order valence-corrected chi connectivity index (χ2v) is 5.15. The van der Waals surface area contributed by atoms with Crippen LogP contribution in [0, 0.1) is 0 Å². The van der Waals surface area contributed by atoms with Crippen LogP contribution in [-0.4, -0.2) is 30.8 Å². The molecule has 0 N–H and O–H groups in total. The highest BCUT2D eigenvalue weighted by molar-refractivity contribution is 7.92. The summed E-state index contributed by atoms with van der Waals surface area (Å²) in [5, 5.41) is 0.981. The minimum absolute atomic E-state index is 0.432. The molecule has 0 radical (unpaired) electrons. The minimum Gasteiger partial charge on any atom is -0.261 e. The molecule has 1 aromatic heterocycles. The highest BCUT2D eigenvalue weighted by Crippen LogP contribution is 2.04. The van der Waals surface area contributed by atoms with Gasteiger partial charge in [-0.25, -0.2) is 8.42 Å². The number of pyridine rings is 1. The summed E-state index contributed by atoms with van der Waals surface area (Å²) in [5.41, 5.74) is 0.889. The van der Waals surface area contributed by atoms with Crippen LogP contribution in [0.25, 0.3) is 0 Å². The third kappa shape index (κ3) is 3.43. The van der Waals surface area contributed by atoms with Gasteiger partial charge in [-0.15, -0.1) is 0 Å². The number of nitrogens with zero attached hydrogens (tertiary/aromatic N) is 2. The molecule has 0 saturated carbocycles. The summed E-state index contributed by atoms with van der Waals surface area (Å²) in [6, 6.07) is 5.61. The van der Waals surface area contributed by atoms with E-state index >= 15 is 0 Å². The van der Waals surface area contributed by atoms with Crippen LogP contribution in [0.1, 0.15) is 12.6 Å². The number of hydrogen-bond donors (Lipinski definition) is 0. The molecule has 1 aromatic rings. The number of rotatable bonds is 6. The van der Waals surface area contributed by atoms with E-state index in [1.807, 2.05) is 18.2 Å². The van der Waals surface area contributed by atoms with Crippen molar-refractivity contribution in [2.24, 2.45) is 0 Å². The van der Waals surface area contributed by atoms with E-state index in [0.717, 1.165) is 11.1 Å². The molecular formula is C11H16N2O2S. The number of likely N-dealkylation sites (N-methyl/N-ethyl adjacent to an activating group) is 1. The lowest BCUT2D eigenvalue weighted by atomic mass is 10.3. The standard InChI is InChI=1S/C11H16N2O2S/c1-3-13(16(14,15)4-2)10-8-11-7-5-6-9-12-11/h4-7,9H,2-3,8,10H2,1H3. The smallest absolute Gasteiger partial charge is 0.235 e. The van der Waals surface area contributed by atoms with Gasteiger partial charge in [0.1, 0.15) is 0 Å². The van der Waals surface area contributed by atoms with Crippen LogP contribution in [-0.2, 0) is 16.4 Å². The second kappa shape index (κ2) is 5.77. The van der Waals surface area contributed by atoms with Gasteiger partial charge in [-0.05, 0) is 12.1 Å². The average molecular weight is 240 g/mol. The zero-order valence-electron chi connectivity index (χ0n) is 9.33. The van der Waals surface area contributed by atoms with E-state index < -0.39 is 10.0 Å². The molecule has 0 aliphatic carbocycles. The van der Waals surface area contributed by atoms with Crippen molar-refractivity contribution in [2.45, 2.75) is 13.3 Å². The van der Waals surface area contributed by atoms with E-state index in [4.69, 9.17) is 0 Å². The van der Waals surface area contributed by atoms with Gasteiger partial charge in [-0.3, -0.25) is 4.98 Å². The summed E-state index contributed by atoms with van der Waals surface area (Å²) in [6.07, 6.45) is 2.31. The summed E-state index contributed by atoms with van der Waals surface area (Å²) in [5.74, 6) is 0.